The van der Waals surface area contributed by atoms with Crippen LogP contribution in [0.1, 0.15) is 12.0 Å². The highest BCUT2D eigenvalue weighted by molar-refractivity contribution is 7.99. The minimum Gasteiger partial charge on any atom is -0.477 e. The average Bonchev–Trinajstić information content (AvgIpc) is 2.66. The number of nitrogens with zero attached hydrogens (tertiary/aromatic N) is 3. The first-order valence-corrected chi connectivity index (χ1v) is 10.9. The summed E-state index contributed by atoms with van der Waals surface area (Å²) in [6.45, 7) is 3.02. The van der Waals surface area contributed by atoms with Crippen LogP contribution in [0.4, 0.5) is 13.2 Å². The van der Waals surface area contributed by atoms with Crippen molar-refractivity contribution in [2.45, 2.75) is 19.1 Å². The van der Waals surface area contributed by atoms with Crippen molar-refractivity contribution in [1.29, 1.82) is 0 Å². The molecule has 0 radical (unpaired) electrons. The van der Waals surface area contributed by atoms with Crippen molar-refractivity contribution in [3.8, 4) is 5.88 Å². The SMILES string of the molecule is NCc1ccnc(OC[C@@H]2C[C@H](C(F)(F)F)CN(SN3CCSCC3)C2)c1. The van der Waals surface area contributed by atoms with Crippen molar-refractivity contribution in [1.82, 2.24) is 13.6 Å². The molecule has 0 aliphatic carbocycles. The number of halogens is 3. The van der Waals surface area contributed by atoms with Gasteiger partial charge in [0.1, 0.15) is 0 Å². The summed E-state index contributed by atoms with van der Waals surface area (Å²) in [6.07, 6.45) is -2.49. The molecule has 0 aromatic carbocycles. The Hall–Kier alpha value is -0.680. The summed E-state index contributed by atoms with van der Waals surface area (Å²) in [5.41, 5.74) is 6.49. The van der Waals surface area contributed by atoms with Gasteiger partial charge in [-0.05, 0) is 18.1 Å². The normalized spacial score (nSPS) is 25.5. The minimum atomic E-state index is -4.19. The highest BCUT2D eigenvalue weighted by atomic mass is 32.2. The van der Waals surface area contributed by atoms with Gasteiger partial charge >= 0.3 is 6.18 Å². The predicted octanol–water partition coefficient (Wildman–Crippen LogP) is 3.03. The quantitative estimate of drug-likeness (QED) is 0.707. The number of ether oxygens (including phenoxy) is 1. The van der Waals surface area contributed by atoms with Gasteiger partial charge in [-0.2, -0.15) is 24.9 Å². The van der Waals surface area contributed by atoms with Gasteiger partial charge in [-0.25, -0.2) is 13.6 Å². The lowest BCUT2D eigenvalue weighted by molar-refractivity contribution is -0.187. The van der Waals surface area contributed by atoms with Crippen molar-refractivity contribution in [3.63, 3.8) is 0 Å². The average molecular weight is 423 g/mol. The second-order valence-corrected chi connectivity index (χ2v) is 9.25. The van der Waals surface area contributed by atoms with E-state index in [-0.39, 0.29) is 25.5 Å². The molecular weight excluding hydrogens is 397 g/mol. The molecule has 0 unspecified atom stereocenters. The van der Waals surface area contributed by atoms with Gasteiger partial charge in [-0.3, -0.25) is 0 Å². The third kappa shape index (κ3) is 6.42. The number of hydrogen-bond acceptors (Lipinski definition) is 7. The highest BCUT2D eigenvalue weighted by Gasteiger charge is 2.45. The van der Waals surface area contributed by atoms with Crippen LogP contribution in [0.25, 0.3) is 0 Å². The van der Waals surface area contributed by atoms with Crippen LogP contribution in [0.2, 0.25) is 0 Å². The smallest absolute Gasteiger partial charge is 0.393 e. The highest BCUT2D eigenvalue weighted by Crippen LogP contribution is 2.38. The van der Waals surface area contributed by atoms with Crippen molar-refractivity contribution < 1.29 is 17.9 Å². The van der Waals surface area contributed by atoms with Gasteiger partial charge in [0.05, 0.1) is 12.5 Å². The Morgan fingerprint density at radius 3 is 2.74 bits per heavy atom. The van der Waals surface area contributed by atoms with Crippen LogP contribution >= 0.6 is 23.9 Å². The van der Waals surface area contributed by atoms with Crippen molar-refractivity contribution in [3.05, 3.63) is 23.9 Å². The zero-order valence-electron chi connectivity index (χ0n) is 15.0. The fourth-order valence-electron chi connectivity index (χ4n) is 3.24. The number of pyridine rings is 1. The van der Waals surface area contributed by atoms with E-state index in [0.717, 1.165) is 30.2 Å². The zero-order chi connectivity index (χ0) is 19.3. The number of rotatable bonds is 6. The molecule has 2 fully saturated rings. The van der Waals surface area contributed by atoms with Gasteiger partial charge in [0.25, 0.3) is 0 Å². The fraction of sp³-hybridized carbons (Fsp3) is 0.706. The van der Waals surface area contributed by atoms with Crippen LogP contribution in [0, 0.1) is 11.8 Å². The Labute approximate surface area is 166 Å². The van der Waals surface area contributed by atoms with Crippen molar-refractivity contribution in [2.24, 2.45) is 17.6 Å². The number of aromatic nitrogens is 1. The van der Waals surface area contributed by atoms with E-state index in [9.17, 15) is 13.2 Å². The minimum absolute atomic E-state index is 0.0369. The van der Waals surface area contributed by atoms with Crippen molar-refractivity contribution >= 4 is 23.9 Å². The number of piperidine rings is 1. The molecule has 3 rings (SSSR count). The molecule has 152 valence electrons. The summed E-state index contributed by atoms with van der Waals surface area (Å²) in [5, 5.41) is 0. The maximum atomic E-state index is 13.4. The standard InChI is InChI=1S/C17H25F3N4OS2/c18-17(19,20)15-7-14(12-25-16-8-13(9-21)1-2-22-16)10-24(11-15)27-23-3-5-26-6-4-23/h1-2,8,14-15H,3-7,9-12,21H2/t14-,15+/m1/s1. The molecule has 10 heteroatoms. The molecule has 27 heavy (non-hydrogen) atoms. The number of nitrogens with two attached hydrogens (primary N) is 1. The molecule has 2 atom stereocenters. The van der Waals surface area contributed by atoms with E-state index in [1.165, 1.54) is 12.1 Å². The first-order valence-electron chi connectivity index (χ1n) is 9.04. The molecule has 3 heterocycles. The number of thioether (sulfide) groups is 1. The second kappa shape index (κ2) is 9.69. The summed E-state index contributed by atoms with van der Waals surface area (Å²) in [5.74, 6) is 0.952. The molecule has 1 aromatic heterocycles. The lowest BCUT2D eigenvalue weighted by Gasteiger charge is -2.39. The van der Waals surface area contributed by atoms with Gasteiger partial charge in [0.15, 0.2) is 0 Å². The second-order valence-electron chi connectivity index (χ2n) is 6.83. The van der Waals surface area contributed by atoms with E-state index in [2.05, 4.69) is 9.29 Å². The Bertz CT molecular complexity index is 602. The third-order valence-electron chi connectivity index (χ3n) is 4.67. The molecule has 2 N–H and O–H groups in total. The van der Waals surface area contributed by atoms with Gasteiger partial charge in [0.2, 0.25) is 5.88 Å². The molecule has 0 saturated carbocycles. The van der Waals surface area contributed by atoms with Crippen LogP contribution < -0.4 is 10.5 Å². The van der Waals surface area contributed by atoms with Crippen LogP contribution in [-0.4, -0.2) is 64.1 Å². The molecule has 2 aliphatic rings. The molecule has 5 nitrogen and oxygen atoms in total. The molecule has 2 saturated heterocycles. The molecule has 1 aromatic rings. The largest absolute Gasteiger partial charge is 0.477 e. The number of hydrogen-bond donors (Lipinski definition) is 1. The summed E-state index contributed by atoms with van der Waals surface area (Å²) in [6, 6.07) is 3.53. The van der Waals surface area contributed by atoms with Crippen molar-refractivity contribution in [2.75, 3.05) is 44.3 Å². The first kappa shape index (κ1) is 21.0. The predicted molar refractivity (Wildman–Crippen MR) is 103 cm³/mol. The van der Waals surface area contributed by atoms with Gasteiger partial charge < -0.3 is 10.5 Å². The summed E-state index contributed by atoms with van der Waals surface area (Å²) in [4.78, 5) is 4.12. The molecule has 0 bridgehead atoms. The summed E-state index contributed by atoms with van der Waals surface area (Å²) < 4.78 is 49.9. The molecule has 2 aliphatic heterocycles. The van der Waals surface area contributed by atoms with Crippen LogP contribution in [0.15, 0.2) is 18.3 Å². The van der Waals surface area contributed by atoms with E-state index in [1.54, 1.807) is 18.3 Å². The Morgan fingerprint density at radius 1 is 1.26 bits per heavy atom. The first-order chi connectivity index (χ1) is 12.9. The van der Waals surface area contributed by atoms with Gasteiger partial charge in [-0.1, -0.05) is 0 Å². The van der Waals surface area contributed by atoms with Crippen LogP contribution in [0.5, 0.6) is 5.88 Å². The van der Waals surface area contributed by atoms with E-state index in [1.807, 2.05) is 16.1 Å². The fourth-order valence-corrected chi connectivity index (χ4v) is 5.57. The van der Waals surface area contributed by atoms with E-state index in [4.69, 9.17) is 10.5 Å². The van der Waals surface area contributed by atoms with Crippen LogP contribution in [-0.2, 0) is 6.54 Å². The maximum Gasteiger partial charge on any atom is 0.393 e. The summed E-state index contributed by atoms with van der Waals surface area (Å²) >= 11 is 3.34. The number of alkyl halides is 3. The zero-order valence-corrected chi connectivity index (χ0v) is 16.7. The van der Waals surface area contributed by atoms with Gasteiger partial charge in [-0.15, -0.1) is 0 Å². The third-order valence-corrected chi connectivity index (χ3v) is 6.74. The van der Waals surface area contributed by atoms with Gasteiger partial charge in [0, 0.05) is 74.5 Å². The molecular formula is C17H25F3N4OS2. The Morgan fingerprint density at radius 2 is 2.04 bits per heavy atom. The maximum absolute atomic E-state index is 13.4. The molecule has 0 amide bonds. The van der Waals surface area contributed by atoms with E-state index >= 15 is 0 Å². The van der Waals surface area contributed by atoms with Crippen LogP contribution in [0.3, 0.4) is 0 Å². The lowest BCUT2D eigenvalue weighted by atomic mass is 9.90. The molecule has 0 spiro atoms. The monoisotopic (exact) mass is 422 g/mol. The Balaban J connectivity index is 1.60. The van der Waals surface area contributed by atoms with E-state index in [0.29, 0.717) is 19.0 Å². The lowest BCUT2D eigenvalue weighted by Crippen LogP contribution is -2.46. The Kier molecular flexibility index (Phi) is 7.55. The topological polar surface area (TPSA) is 54.6 Å². The summed E-state index contributed by atoms with van der Waals surface area (Å²) in [7, 11) is 0. The van der Waals surface area contributed by atoms with E-state index < -0.39 is 12.1 Å².